The highest BCUT2D eigenvalue weighted by molar-refractivity contribution is 5.77. The Balaban J connectivity index is 2.63. The van der Waals surface area contributed by atoms with Crippen LogP contribution >= 0.6 is 0 Å². The SMILES string of the molecule is CCOC(=O)OC(CC)OC(=O)[C@@H](C)c1ccc(CC(C)C)cc1. The zero-order valence-corrected chi connectivity index (χ0v) is 15.2. The molecule has 24 heavy (non-hydrogen) atoms. The number of hydrogen-bond acceptors (Lipinski definition) is 5. The Hall–Kier alpha value is -2.04. The Morgan fingerprint density at radius 1 is 1.00 bits per heavy atom. The molecule has 0 amide bonds. The highest BCUT2D eigenvalue weighted by atomic mass is 16.8. The van der Waals surface area contributed by atoms with Crippen LogP contribution in [-0.2, 0) is 25.4 Å². The molecule has 0 fully saturated rings. The summed E-state index contributed by atoms with van der Waals surface area (Å²) in [5.74, 6) is -0.274. The van der Waals surface area contributed by atoms with Gasteiger partial charge in [-0.3, -0.25) is 4.79 Å². The predicted octanol–water partition coefficient (Wildman–Crippen LogP) is 4.44. The molecular formula is C19H28O5. The first kappa shape index (κ1) is 20.0. The van der Waals surface area contributed by atoms with Gasteiger partial charge in [-0.05, 0) is 37.3 Å². The molecule has 0 aliphatic rings. The average molecular weight is 336 g/mol. The van der Waals surface area contributed by atoms with Gasteiger partial charge in [0, 0.05) is 6.42 Å². The van der Waals surface area contributed by atoms with Gasteiger partial charge in [0.15, 0.2) is 0 Å². The Kier molecular flexibility index (Phi) is 8.30. The Bertz CT molecular complexity index is 521. The van der Waals surface area contributed by atoms with Crippen molar-refractivity contribution in [3.8, 4) is 0 Å². The van der Waals surface area contributed by atoms with Crippen LogP contribution in [0, 0.1) is 5.92 Å². The van der Waals surface area contributed by atoms with E-state index in [-0.39, 0.29) is 6.61 Å². The maximum Gasteiger partial charge on any atom is 0.511 e. The van der Waals surface area contributed by atoms with Crippen LogP contribution in [0.5, 0.6) is 0 Å². The minimum atomic E-state index is -0.931. The number of benzene rings is 1. The Labute approximate surface area is 144 Å². The standard InChI is InChI=1S/C19H28O5/c1-6-17(24-19(21)22-7-2)23-18(20)14(5)16-10-8-15(9-11-16)12-13(3)4/h8-11,13-14,17H,6-7,12H2,1-5H3/t14-,17?/m0/s1. The van der Waals surface area contributed by atoms with Crippen molar-refractivity contribution < 1.29 is 23.8 Å². The van der Waals surface area contributed by atoms with E-state index in [4.69, 9.17) is 14.2 Å². The maximum atomic E-state index is 12.3. The molecule has 0 N–H and O–H groups in total. The zero-order chi connectivity index (χ0) is 18.1. The molecule has 134 valence electrons. The Morgan fingerprint density at radius 2 is 1.62 bits per heavy atom. The number of rotatable bonds is 8. The lowest BCUT2D eigenvalue weighted by molar-refractivity contribution is -0.173. The molecule has 0 spiro atoms. The van der Waals surface area contributed by atoms with E-state index >= 15 is 0 Å². The van der Waals surface area contributed by atoms with Crippen LogP contribution in [0.2, 0.25) is 0 Å². The lowest BCUT2D eigenvalue weighted by Crippen LogP contribution is -2.26. The van der Waals surface area contributed by atoms with Crippen LogP contribution < -0.4 is 0 Å². The quantitative estimate of drug-likeness (QED) is 0.519. The van der Waals surface area contributed by atoms with Gasteiger partial charge in [-0.25, -0.2) is 4.79 Å². The van der Waals surface area contributed by atoms with Gasteiger partial charge in [0.1, 0.15) is 0 Å². The van der Waals surface area contributed by atoms with E-state index in [1.807, 2.05) is 24.3 Å². The van der Waals surface area contributed by atoms with Gasteiger partial charge in [-0.1, -0.05) is 45.0 Å². The molecule has 0 heterocycles. The lowest BCUT2D eigenvalue weighted by atomic mass is 9.97. The third-order valence-electron chi connectivity index (χ3n) is 3.55. The summed E-state index contributed by atoms with van der Waals surface area (Å²) in [6.07, 6.45) is -0.392. The summed E-state index contributed by atoms with van der Waals surface area (Å²) < 4.78 is 14.9. The summed E-state index contributed by atoms with van der Waals surface area (Å²) in [7, 11) is 0. The van der Waals surface area contributed by atoms with Gasteiger partial charge in [0.25, 0.3) is 6.29 Å². The van der Waals surface area contributed by atoms with Crippen LogP contribution in [-0.4, -0.2) is 25.0 Å². The second-order valence-electron chi connectivity index (χ2n) is 6.14. The third-order valence-corrected chi connectivity index (χ3v) is 3.55. The molecule has 1 aromatic rings. The molecule has 0 aliphatic heterocycles. The fourth-order valence-corrected chi connectivity index (χ4v) is 2.23. The van der Waals surface area contributed by atoms with Crippen molar-refractivity contribution in [2.45, 2.75) is 59.7 Å². The van der Waals surface area contributed by atoms with Gasteiger partial charge >= 0.3 is 12.1 Å². The van der Waals surface area contributed by atoms with E-state index in [0.717, 1.165) is 12.0 Å². The smallest absolute Gasteiger partial charge is 0.435 e. The molecule has 0 bridgehead atoms. The summed E-state index contributed by atoms with van der Waals surface area (Å²) >= 11 is 0. The lowest BCUT2D eigenvalue weighted by Gasteiger charge is -2.19. The highest BCUT2D eigenvalue weighted by Gasteiger charge is 2.23. The molecule has 5 nitrogen and oxygen atoms in total. The topological polar surface area (TPSA) is 61.8 Å². The number of hydrogen-bond donors (Lipinski definition) is 0. The summed E-state index contributed by atoms with van der Waals surface area (Å²) in [6, 6.07) is 7.95. The van der Waals surface area contributed by atoms with Crippen LogP contribution in [0.25, 0.3) is 0 Å². The molecule has 1 unspecified atom stereocenters. The van der Waals surface area contributed by atoms with Crippen molar-refractivity contribution in [3.63, 3.8) is 0 Å². The van der Waals surface area contributed by atoms with Crippen molar-refractivity contribution >= 4 is 12.1 Å². The average Bonchev–Trinajstić information content (AvgIpc) is 2.53. The number of carbonyl (C=O) groups is 2. The predicted molar refractivity (Wildman–Crippen MR) is 91.7 cm³/mol. The van der Waals surface area contributed by atoms with E-state index in [2.05, 4.69) is 13.8 Å². The van der Waals surface area contributed by atoms with E-state index in [1.54, 1.807) is 20.8 Å². The van der Waals surface area contributed by atoms with Gasteiger partial charge < -0.3 is 14.2 Å². The summed E-state index contributed by atoms with van der Waals surface area (Å²) in [4.78, 5) is 23.6. The first-order chi connectivity index (χ1) is 11.4. The van der Waals surface area contributed by atoms with Gasteiger partial charge in [0.2, 0.25) is 0 Å². The minimum absolute atomic E-state index is 0.211. The monoisotopic (exact) mass is 336 g/mol. The number of esters is 1. The van der Waals surface area contributed by atoms with Gasteiger partial charge in [-0.15, -0.1) is 0 Å². The van der Waals surface area contributed by atoms with Gasteiger partial charge in [-0.2, -0.15) is 0 Å². The second kappa shape index (κ2) is 9.96. The summed E-state index contributed by atoms with van der Waals surface area (Å²) in [5.41, 5.74) is 2.12. The van der Waals surface area contributed by atoms with Crippen molar-refractivity contribution in [1.29, 1.82) is 0 Å². The maximum absolute atomic E-state index is 12.3. The van der Waals surface area contributed by atoms with E-state index in [1.165, 1.54) is 5.56 Å². The molecule has 0 radical (unpaired) electrons. The van der Waals surface area contributed by atoms with Crippen LogP contribution in [0.4, 0.5) is 4.79 Å². The van der Waals surface area contributed by atoms with E-state index < -0.39 is 24.3 Å². The summed E-state index contributed by atoms with van der Waals surface area (Å²) in [5, 5.41) is 0. The molecule has 0 saturated heterocycles. The number of ether oxygens (including phenoxy) is 3. The first-order valence-corrected chi connectivity index (χ1v) is 8.50. The van der Waals surface area contributed by atoms with E-state index in [0.29, 0.717) is 12.3 Å². The minimum Gasteiger partial charge on any atom is -0.435 e. The van der Waals surface area contributed by atoms with Crippen LogP contribution in [0.3, 0.4) is 0 Å². The van der Waals surface area contributed by atoms with Crippen molar-refractivity contribution in [3.05, 3.63) is 35.4 Å². The molecular weight excluding hydrogens is 308 g/mol. The highest BCUT2D eigenvalue weighted by Crippen LogP contribution is 2.20. The van der Waals surface area contributed by atoms with Crippen molar-refractivity contribution in [2.24, 2.45) is 5.92 Å². The molecule has 0 saturated carbocycles. The van der Waals surface area contributed by atoms with Crippen molar-refractivity contribution in [2.75, 3.05) is 6.61 Å². The fraction of sp³-hybridized carbons (Fsp3) is 0.579. The van der Waals surface area contributed by atoms with E-state index in [9.17, 15) is 9.59 Å². The van der Waals surface area contributed by atoms with Crippen LogP contribution in [0.1, 0.15) is 58.1 Å². The normalized spacial score (nSPS) is 13.2. The second-order valence-corrected chi connectivity index (χ2v) is 6.14. The third kappa shape index (κ3) is 6.60. The summed E-state index contributed by atoms with van der Waals surface area (Å²) in [6.45, 7) is 9.77. The number of carbonyl (C=O) groups excluding carboxylic acids is 2. The van der Waals surface area contributed by atoms with Crippen molar-refractivity contribution in [1.82, 2.24) is 0 Å². The molecule has 2 atom stereocenters. The molecule has 1 aromatic carbocycles. The molecule has 0 aromatic heterocycles. The fourth-order valence-electron chi connectivity index (χ4n) is 2.23. The van der Waals surface area contributed by atoms with Crippen LogP contribution in [0.15, 0.2) is 24.3 Å². The first-order valence-electron chi connectivity index (χ1n) is 8.50. The largest absolute Gasteiger partial charge is 0.511 e. The molecule has 0 aliphatic carbocycles. The van der Waals surface area contributed by atoms with Gasteiger partial charge in [0.05, 0.1) is 12.5 Å². The molecule has 1 rings (SSSR count). The zero-order valence-electron chi connectivity index (χ0n) is 15.2. The molecule has 5 heteroatoms. The Morgan fingerprint density at radius 3 is 2.12 bits per heavy atom.